The number of hydrogen-bond acceptors (Lipinski definition) is 7. The summed E-state index contributed by atoms with van der Waals surface area (Å²) in [5.41, 5.74) is -0.186. The molecule has 1 aromatic rings. The smallest absolute Gasteiger partial charge is 0.302 e. The first-order valence-electron chi connectivity index (χ1n) is 9.18. The quantitative estimate of drug-likeness (QED) is 0.694. The summed E-state index contributed by atoms with van der Waals surface area (Å²) >= 11 is 0. The number of carbonyl (C=O) groups excluding carboxylic acids is 3. The number of ether oxygens (including phenoxy) is 2. The van der Waals surface area contributed by atoms with Crippen LogP contribution in [0.4, 0.5) is 0 Å². The van der Waals surface area contributed by atoms with Crippen molar-refractivity contribution >= 4 is 17.8 Å². The van der Waals surface area contributed by atoms with Crippen LogP contribution in [0.3, 0.4) is 0 Å². The summed E-state index contributed by atoms with van der Waals surface area (Å²) in [5.74, 6) is -0.514. The van der Waals surface area contributed by atoms with Gasteiger partial charge in [-0.15, -0.1) is 0 Å². The summed E-state index contributed by atoms with van der Waals surface area (Å²) in [6.45, 7) is 4.75. The second-order valence-electron chi connectivity index (χ2n) is 7.13. The highest BCUT2D eigenvalue weighted by Gasteiger charge is 2.40. The van der Waals surface area contributed by atoms with E-state index in [0.717, 1.165) is 0 Å². The number of carbonyl (C=O) groups is 3. The summed E-state index contributed by atoms with van der Waals surface area (Å²) in [4.78, 5) is 40.0. The van der Waals surface area contributed by atoms with Crippen molar-refractivity contribution in [2.24, 2.45) is 5.41 Å². The summed E-state index contributed by atoms with van der Waals surface area (Å²) in [7, 11) is 0. The molecule has 148 valence electrons. The third-order valence-corrected chi connectivity index (χ3v) is 5.24. The molecule has 9 heteroatoms. The SMILES string of the molecule is CC(=O)OCC1(CC(=O)N2CCOCC2)CCN(C(=O)c2ccon2)CC1. The zero-order chi connectivity index (χ0) is 19.3. The number of nitrogens with zero attached hydrogens (tertiary/aromatic N) is 3. The van der Waals surface area contributed by atoms with E-state index in [2.05, 4.69) is 5.16 Å². The van der Waals surface area contributed by atoms with Gasteiger partial charge in [-0.3, -0.25) is 14.4 Å². The van der Waals surface area contributed by atoms with Gasteiger partial charge in [0, 0.05) is 51.0 Å². The van der Waals surface area contributed by atoms with E-state index in [0.29, 0.717) is 58.7 Å². The molecular formula is C18H25N3O6. The first-order chi connectivity index (χ1) is 13.0. The van der Waals surface area contributed by atoms with E-state index in [1.807, 2.05) is 0 Å². The van der Waals surface area contributed by atoms with Crippen LogP contribution in [-0.2, 0) is 19.1 Å². The fourth-order valence-corrected chi connectivity index (χ4v) is 3.54. The Morgan fingerprint density at radius 2 is 1.85 bits per heavy atom. The van der Waals surface area contributed by atoms with Crippen molar-refractivity contribution in [2.75, 3.05) is 46.0 Å². The summed E-state index contributed by atoms with van der Waals surface area (Å²) in [6, 6.07) is 1.53. The maximum Gasteiger partial charge on any atom is 0.302 e. The maximum absolute atomic E-state index is 12.7. The molecule has 0 spiro atoms. The average molecular weight is 379 g/mol. The Morgan fingerprint density at radius 1 is 1.15 bits per heavy atom. The molecule has 2 amide bonds. The highest BCUT2D eigenvalue weighted by molar-refractivity contribution is 5.92. The second-order valence-corrected chi connectivity index (χ2v) is 7.13. The van der Waals surface area contributed by atoms with E-state index < -0.39 is 5.41 Å². The normalized spacial score (nSPS) is 19.6. The van der Waals surface area contributed by atoms with Gasteiger partial charge in [0.2, 0.25) is 5.91 Å². The zero-order valence-electron chi connectivity index (χ0n) is 15.5. The van der Waals surface area contributed by atoms with Gasteiger partial charge in [0.05, 0.1) is 19.8 Å². The first-order valence-corrected chi connectivity index (χ1v) is 9.18. The minimum atomic E-state index is -0.457. The summed E-state index contributed by atoms with van der Waals surface area (Å²) < 4.78 is 15.3. The molecule has 3 rings (SSSR count). The van der Waals surface area contributed by atoms with Crippen LogP contribution in [0.1, 0.15) is 36.7 Å². The van der Waals surface area contributed by atoms with Gasteiger partial charge >= 0.3 is 5.97 Å². The first kappa shape index (κ1) is 19.3. The largest absolute Gasteiger partial charge is 0.465 e. The number of morpholine rings is 1. The molecule has 27 heavy (non-hydrogen) atoms. The van der Waals surface area contributed by atoms with Gasteiger partial charge in [-0.2, -0.15) is 0 Å². The lowest BCUT2D eigenvalue weighted by molar-refractivity contribution is -0.150. The van der Waals surface area contributed by atoms with Gasteiger partial charge in [-0.25, -0.2) is 0 Å². The fourth-order valence-electron chi connectivity index (χ4n) is 3.54. The van der Waals surface area contributed by atoms with Crippen LogP contribution in [-0.4, -0.2) is 78.7 Å². The third kappa shape index (κ3) is 4.85. The van der Waals surface area contributed by atoms with E-state index in [-0.39, 0.29) is 30.1 Å². The number of esters is 1. The molecule has 2 fully saturated rings. The van der Waals surface area contributed by atoms with Crippen molar-refractivity contribution in [2.45, 2.75) is 26.2 Å². The topological polar surface area (TPSA) is 102 Å². The number of likely N-dealkylation sites (tertiary alicyclic amines) is 1. The molecular weight excluding hydrogens is 354 g/mol. The maximum atomic E-state index is 12.7. The second kappa shape index (κ2) is 8.51. The van der Waals surface area contributed by atoms with Crippen molar-refractivity contribution in [3.8, 4) is 0 Å². The van der Waals surface area contributed by atoms with E-state index in [1.165, 1.54) is 19.3 Å². The van der Waals surface area contributed by atoms with E-state index in [1.54, 1.807) is 9.80 Å². The van der Waals surface area contributed by atoms with Crippen LogP contribution < -0.4 is 0 Å². The predicted molar refractivity (Wildman–Crippen MR) is 92.7 cm³/mol. The minimum Gasteiger partial charge on any atom is -0.465 e. The van der Waals surface area contributed by atoms with Crippen molar-refractivity contribution < 1.29 is 28.4 Å². The number of aromatic nitrogens is 1. The van der Waals surface area contributed by atoms with Crippen LogP contribution in [0.5, 0.6) is 0 Å². The molecule has 0 unspecified atom stereocenters. The minimum absolute atomic E-state index is 0.0433. The molecule has 0 aromatic carbocycles. The van der Waals surface area contributed by atoms with Crippen molar-refractivity contribution in [3.05, 3.63) is 18.0 Å². The van der Waals surface area contributed by atoms with Gasteiger partial charge in [0.25, 0.3) is 5.91 Å². The molecule has 0 saturated carbocycles. The Morgan fingerprint density at radius 3 is 2.44 bits per heavy atom. The van der Waals surface area contributed by atoms with E-state index >= 15 is 0 Å². The Hall–Kier alpha value is -2.42. The molecule has 0 N–H and O–H groups in total. The Kier molecular flexibility index (Phi) is 6.10. The van der Waals surface area contributed by atoms with Crippen molar-refractivity contribution in [1.82, 2.24) is 15.0 Å². The van der Waals surface area contributed by atoms with Crippen LogP contribution in [0.25, 0.3) is 0 Å². The lowest BCUT2D eigenvalue weighted by Gasteiger charge is -2.42. The number of hydrogen-bond donors (Lipinski definition) is 0. The van der Waals surface area contributed by atoms with Crippen LogP contribution in [0.2, 0.25) is 0 Å². The number of rotatable bonds is 5. The lowest BCUT2D eigenvalue weighted by atomic mass is 9.75. The van der Waals surface area contributed by atoms with Gasteiger partial charge in [0.1, 0.15) is 6.26 Å². The Balaban J connectivity index is 1.64. The fraction of sp³-hybridized carbons (Fsp3) is 0.667. The highest BCUT2D eigenvalue weighted by atomic mass is 16.5. The monoisotopic (exact) mass is 379 g/mol. The number of piperidine rings is 1. The molecule has 2 aliphatic heterocycles. The molecule has 0 aliphatic carbocycles. The van der Waals surface area contributed by atoms with E-state index in [4.69, 9.17) is 14.0 Å². The average Bonchev–Trinajstić information content (AvgIpc) is 3.22. The molecule has 2 aliphatic rings. The molecule has 0 atom stereocenters. The van der Waals surface area contributed by atoms with Gasteiger partial charge in [-0.05, 0) is 12.8 Å². The van der Waals surface area contributed by atoms with Gasteiger partial charge in [-0.1, -0.05) is 5.16 Å². The van der Waals surface area contributed by atoms with Crippen LogP contribution in [0, 0.1) is 5.41 Å². The lowest BCUT2D eigenvalue weighted by Crippen LogP contribution is -2.49. The molecule has 2 saturated heterocycles. The van der Waals surface area contributed by atoms with Gasteiger partial charge < -0.3 is 23.8 Å². The zero-order valence-corrected chi connectivity index (χ0v) is 15.5. The molecule has 1 aromatic heterocycles. The third-order valence-electron chi connectivity index (χ3n) is 5.24. The predicted octanol–water partition coefficient (Wildman–Crippen LogP) is 0.709. The summed E-state index contributed by atoms with van der Waals surface area (Å²) in [5, 5.41) is 3.69. The summed E-state index contributed by atoms with van der Waals surface area (Å²) in [6.07, 6.45) is 2.83. The van der Waals surface area contributed by atoms with Crippen molar-refractivity contribution in [3.63, 3.8) is 0 Å². The van der Waals surface area contributed by atoms with Gasteiger partial charge in [0.15, 0.2) is 5.69 Å². The Bertz CT molecular complexity index is 661. The van der Waals surface area contributed by atoms with Crippen molar-refractivity contribution in [1.29, 1.82) is 0 Å². The highest BCUT2D eigenvalue weighted by Crippen LogP contribution is 2.36. The standard InChI is InChI=1S/C18H25N3O6/c1-14(22)26-13-18(12-16(23)20-7-10-25-11-8-20)3-5-21(6-4-18)17(24)15-2-9-27-19-15/h2,9H,3-8,10-13H2,1H3. The Labute approximate surface area is 157 Å². The molecule has 0 bridgehead atoms. The molecule has 3 heterocycles. The van der Waals surface area contributed by atoms with Crippen LogP contribution >= 0.6 is 0 Å². The molecule has 0 radical (unpaired) electrons. The number of amides is 2. The van der Waals surface area contributed by atoms with Crippen LogP contribution in [0.15, 0.2) is 16.9 Å². The molecule has 9 nitrogen and oxygen atoms in total. The van der Waals surface area contributed by atoms with E-state index in [9.17, 15) is 14.4 Å².